The second kappa shape index (κ2) is 11.7. The first kappa shape index (κ1) is 29.0. The van der Waals surface area contributed by atoms with Crippen LogP contribution < -0.4 is 15.4 Å². The largest absolute Gasteiger partial charge is 0.457 e. The number of carbonyl (C=O) groups excluding carboxylic acids is 1. The van der Waals surface area contributed by atoms with Gasteiger partial charge >= 0.3 is 6.09 Å². The van der Waals surface area contributed by atoms with Crippen LogP contribution in [0, 0.1) is 18.8 Å². The highest BCUT2D eigenvalue weighted by atomic mass is 16.6. The van der Waals surface area contributed by atoms with Crippen LogP contribution in [0.5, 0.6) is 11.5 Å². The molecule has 0 radical (unpaired) electrons. The molecular formula is C33H39N9O3. The van der Waals surface area contributed by atoms with Crippen molar-refractivity contribution in [3.8, 4) is 11.5 Å². The monoisotopic (exact) mass is 609 g/mol. The number of carbonyl (C=O) groups is 1. The zero-order valence-electron chi connectivity index (χ0n) is 26.1. The van der Waals surface area contributed by atoms with Gasteiger partial charge in [-0.2, -0.15) is 10.2 Å². The first-order chi connectivity index (χ1) is 21.7. The summed E-state index contributed by atoms with van der Waals surface area (Å²) in [6.45, 7) is 10.4. The molecule has 2 saturated heterocycles. The molecular weight excluding hydrogens is 570 g/mol. The van der Waals surface area contributed by atoms with Gasteiger partial charge in [-0.25, -0.2) is 23.8 Å². The number of hydrogen-bond donors (Lipinski definition) is 2. The summed E-state index contributed by atoms with van der Waals surface area (Å²) in [5.41, 5.74) is 4.23. The molecule has 1 aliphatic carbocycles. The van der Waals surface area contributed by atoms with Gasteiger partial charge in [0.2, 0.25) is 0 Å². The van der Waals surface area contributed by atoms with Crippen LogP contribution in [0.1, 0.15) is 51.2 Å². The van der Waals surface area contributed by atoms with E-state index in [1.165, 1.54) is 12.7 Å². The average molecular weight is 610 g/mol. The van der Waals surface area contributed by atoms with Crippen molar-refractivity contribution in [3.63, 3.8) is 0 Å². The number of aryl methyl sites for hydroxylation is 1. The van der Waals surface area contributed by atoms with Gasteiger partial charge in [0.25, 0.3) is 0 Å². The summed E-state index contributed by atoms with van der Waals surface area (Å²) >= 11 is 0. The molecule has 1 unspecified atom stereocenters. The van der Waals surface area contributed by atoms with Crippen LogP contribution in [-0.4, -0.2) is 64.9 Å². The van der Waals surface area contributed by atoms with E-state index >= 15 is 0 Å². The molecule has 3 atom stereocenters. The van der Waals surface area contributed by atoms with Crippen LogP contribution in [0.3, 0.4) is 0 Å². The lowest BCUT2D eigenvalue weighted by molar-refractivity contribution is 0.0464. The van der Waals surface area contributed by atoms with E-state index in [0.29, 0.717) is 17.6 Å². The van der Waals surface area contributed by atoms with Gasteiger partial charge in [0.05, 0.1) is 0 Å². The van der Waals surface area contributed by atoms with Gasteiger partial charge in [0, 0.05) is 49.8 Å². The molecule has 2 aliphatic heterocycles. The molecule has 3 fully saturated rings. The van der Waals surface area contributed by atoms with Gasteiger partial charge < -0.3 is 20.1 Å². The van der Waals surface area contributed by atoms with E-state index in [0.717, 1.165) is 72.0 Å². The summed E-state index contributed by atoms with van der Waals surface area (Å²) in [6, 6.07) is 12.0. The Kier molecular flexibility index (Phi) is 7.52. The number of pyridine rings is 1. The van der Waals surface area contributed by atoms with Crippen molar-refractivity contribution >= 4 is 28.8 Å². The van der Waals surface area contributed by atoms with Gasteiger partial charge in [0.1, 0.15) is 35.3 Å². The first-order valence-corrected chi connectivity index (χ1v) is 15.5. The summed E-state index contributed by atoms with van der Waals surface area (Å²) in [5, 5.41) is 15.3. The number of ether oxygens (including phenoxy) is 2. The number of hydrogen-bond acceptors (Lipinski definition) is 9. The predicted octanol–water partition coefficient (Wildman–Crippen LogP) is 5.74. The summed E-state index contributed by atoms with van der Waals surface area (Å²) in [7, 11) is 0. The van der Waals surface area contributed by atoms with Crippen molar-refractivity contribution in [2.75, 3.05) is 18.4 Å². The Balaban J connectivity index is 1.06. The molecule has 5 aromatic rings. The Labute approximate surface area is 261 Å². The number of nitrogens with zero attached hydrogens (tertiary/aromatic N) is 7. The van der Waals surface area contributed by atoms with Crippen LogP contribution in [0.4, 0.5) is 16.3 Å². The third-order valence-corrected chi connectivity index (χ3v) is 8.66. The van der Waals surface area contributed by atoms with Crippen LogP contribution in [-0.2, 0) is 11.3 Å². The predicted molar refractivity (Wildman–Crippen MR) is 170 cm³/mol. The minimum Gasteiger partial charge on any atom is -0.457 e. The van der Waals surface area contributed by atoms with Gasteiger partial charge in [-0.3, -0.25) is 4.90 Å². The molecule has 1 aromatic carbocycles. The maximum atomic E-state index is 12.6. The normalized spacial score (nSPS) is 20.3. The third-order valence-electron chi connectivity index (χ3n) is 8.66. The summed E-state index contributed by atoms with van der Waals surface area (Å²) < 4.78 is 15.3. The van der Waals surface area contributed by atoms with E-state index in [1.54, 1.807) is 10.8 Å². The molecule has 12 heteroatoms. The van der Waals surface area contributed by atoms with E-state index in [-0.39, 0.29) is 12.1 Å². The topological polar surface area (TPSA) is 123 Å². The fraction of sp³-hybridized carbons (Fsp3) is 0.424. The molecule has 1 saturated carbocycles. The Morgan fingerprint density at radius 2 is 1.82 bits per heavy atom. The maximum Gasteiger partial charge on any atom is 0.407 e. The Hall–Kier alpha value is -4.71. The third kappa shape index (κ3) is 6.41. The smallest absolute Gasteiger partial charge is 0.407 e. The highest BCUT2D eigenvalue weighted by molar-refractivity contribution is 5.77. The van der Waals surface area contributed by atoms with Gasteiger partial charge in [-0.05, 0) is 100 Å². The molecule has 8 rings (SSSR count). The second-order valence-corrected chi connectivity index (χ2v) is 13.3. The van der Waals surface area contributed by atoms with Crippen molar-refractivity contribution in [1.29, 1.82) is 0 Å². The number of aromatic nitrogens is 6. The minimum atomic E-state index is -0.507. The lowest BCUT2D eigenvalue weighted by atomic mass is 9.80. The lowest BCUT2D eigenvalue weighted by Gasteiger charge is -2.33. The quantitative estimate of drug-likeness (QED) is 0.238. The zero-order chi connectivity index (χ0) is 31.1. The van der Waals surface area contributed by atoms with Crippen LogP contribution in [0.2, 0.25) is 0 Å². The molecule has 1 amide bonds. The zero-order valence-corrected chi connectivity index (χ0v) is 26.1. The SMILES string of the molecule is Cc1cc(Nc2ncnn3ccc(CN4CC5CC[C@H](C4)[C@H](NC(=O)OC(C)(C)C)C5)c23)ccc1Oc1ccn2ncnc2c1. The van der Waals surface area contributed by atoms with E-state index in [1.807, 2.05) is 68.9 Å². The van der Waals surface area contributed by atoms with E-state index < -0.39 is 5.60 Å². The number of fused-ring (bicyclic) bond motifs is 6. The summed E-state index contributed by atoms with van der Waals surface area (Å²) in [6.07, 6.45) is 9.88. The van der Waals surface area contributed by atoms with Crippen molar-refractivity contribution in [1.82, 2.24) is 39.4 Å². The van der Waals surface area contributed by atoms with E-state index in [9.17, 15) is 4.79 Å². The summed E-state index contributed by atoms with van der Waals surface area (Å²) in [4.78, 5) is 24.0. The standard InChI is InChI=1S/C33H39N9O3/c1-21-13-25(7-8-28(21)44-26-10-12-41-29(15-26)34-19-36-41)38-31-30-24(9-11-42(30)37-20-35-31)18-40-16-22-5-6-23(17-40)27(14-22)39-32(43)45-33(2,3)4/h7-13,15,19-20,22-23,27H,5-6,14,16-18H2,1-4H3,(H,39,43)(H,35,37,38)/t22?,23-,27-/m1/s1. The lowest BCUT2D eigenvalue weighted by Crippen LogP contribution is -2.46. The number of rotatable bonds is 7. The maximum absolute atomic E-state index is 12.6. The number of benzene rings is 1. The van der Waals surface area contributed by atoms with E-state index in [2.05, 4.69) is 47.8 Å². The number of alkyl carbamates (subject to hydrolysis) is 1. The molecule has 45 heavy (non-hydrogen) atoms. The highest BCUT2D eigenvalue weighted by Crippen LogP contribution is 2.36. The van der Waals surface area contributed by atoms with E-state index in [4.69, 9.17) is 9.47 Å². The van der Waals surface area contributed by atoms with Crippen LogP contribution >= 0.6 is 0 Å². The highest BCUT2D eigenvalue weighted by Gasteiger charge is 2.38. The molecule has 2 bridgehead atoms. The number of nitrogens with one attached hydrogen (secondary N) is 2. The average Bonchev–Trinajstić information content (AvgIpc) is 3.52. The molecule has 234 valence electrons. The molecule has 0 spiro atoms. The number of anilines is 2. The van der Waals surface area contributed by atoms with Gasteiger partial charge in [-0.15, -0.1) is 0 Å². The van der Waals surface area contributed by atoms with Crippen molar-refractivity contribution in [2.24, 2.45) is 11.8 Å². The Morgan fingerprint density at radius 3 is 2.67 bits per heavy atom. The number of amides is 1. The van der Waals surface area contributed by atoms with Crippen LogP contribution in [0.15, 0.2) is 61.4 Å². The molecule has 3 aliphatic rings. The summed E-state index contributed by atoms with van der Waals surface area (Å²) in [5.74, 6) is 3.13. The molecule has 6 heterocycles. The Morgan fingerprint density at radius 1 is 1.00 bits per heavy atom. The van der Waals surface area contributed by atoms with Crippen LogP contribution in [0.25, 0.3) is 11.2 Å². The molecule has 12 nitrogen and oxygen atoms in total. The minimum absolute atomic E-state index is 0.135. The fourth-order valence-corrected chi connectivity index (χ4v) is 6.68. The Bertz CT molecular complexity index is 1840. The second-order valence-electron chi connectivity index (χ2n) is 13.3. The van der Waals surface area contributed by atoms with Crippen molar-refractivity contribution < 1.29 is 14.3 Å². The molecule has 4 aromatic heterocycles. The van der Waals surface area contributed by atoms with Gasteiger partial charge in [0.15, 0.2) is 11.5 Å². The molecule has 2 N–H and O–H groups in total. The van der Waals surface area contributed by atoms with Gasteiger partial charge in [-0.1, -0.05) is 0 Å². The van der Waals surface area contributed by atoms with Crippen molar-refractivity contribution in [2.45, 2.75) is 65.1 Å². The fourth-order valence-electron chi connectivity index (χ4n) is 6.68. The first-order valence-electron chi connectivity index (χ1n) is 15.5. The van der Waals surface area contributed by atoms with Crippen molar-refractivity contribution in [3.05, 3.63) is 72.6 Å².